The molecule has 104 valence electrons. The van der Waals surface area contributed by atoms with Gasteiger partial charge in [-0.3, -0.25) is 4.79 Å². The molecule has 0 heterocycles. The van der Waals surface area contributed by atoms with E-state index in [2.05, 4.69) is 0 Å². The number of hydrogen-bond acceptors (Lipinski definition) is 1. The van der Waals surface area contributed by atoms with Crippen molar-refractivity contribution in [3.8, 4) is 0 Å². The molecule has 0 radical (unpaired) electrons. The number of halogens is 4. The second-order valence-electron chi connectivity index (χ2n) is 4.45. The zero-order valence-electron chi connectivity index (χ0n) is 10.7. The van der Waals surface area contributed by atoms with E-state index in [0.717, 1.165) is 12.1 Å². The van der Waals surface area contributed by atoms with Gasteiger partial charge in [-0.1, -0.05) is 0 Å². The van der Waals surface area contributed by atoms with Crippen LogP contribution >= 0.6 is 0 Å². The van der Waals surface area contributed by atoms with Crippen LogP contribution in [-0.4, -0.2) is 5.78 Å². The maximum absolute atomic E-state index is 13.4. The van der Waals surface area contributed by atoms with Crippen molar-refractivity contribution in [2.24, 2.45) is 0 Å². The van der Waals surface area contributed by atoms with Crippen LogP contribution in [-0.2, 0) is 0 Å². The monoisotopic (exact) mass is 282 g/mol. The summed E-state index contributed by atoms with van der Waals surface area (Å²) in [6.07, 6.45) is 0. The van der Waals surface area contributed by atoms with Crippen LogP contribution < -0.4 is 0 Å². The lowest BCUT2D eigenvalue weighted by molar-refractivity contribution is 0.103. The maximum atomic E-state index is 13.4. The zero-order valence-corrected chi connectivity index (χ0v) is 10.7. The third-order valence-electron chi connectivity index (χ3n) is 3.11. The van der Waals surface area contributed by atoms with Crippen molar-refractivity contribution in [1.82, 2.24) is 0 Å². The molecule has 0 saturated heterocycles. The topological polar surface area (TPSA) is 17.1 Å². The molecule has 0 fully saturated rings. The van der Waals surface area contributed by atoms with Crippen LogP contribution in [0.15, 0.2) is 24.3 Å². The van der Waals surface area contributed by atoms with Crippen molar-refractivity contribution < 1.29 is 22.4 Å². The maximum Gasteiger partial charge on any atom is 0.193 e. The lowest BCUT2D eigenvalue weighted by Crippen LogP contribution is -2.09. The highest BCUT2D eigenvalue weighted by Gasteiger charge is 2.20. The first-order valence-corrected chi connectivity index (χ1v) is 5.77. The molecule has 0 bridgehead atoms. The molecule has 0 amide bonds. The van der Waals surface area contributed by atoms with E-state index >= 15 is 0 Å². The normalized spacial score (nSPS) is 10.7. The Balaban J connectivity index is 2.64. The first kappa shape index (κ1) is 14.2. The Hall–Kier alpha value is -2.17. The molecule has 0 aliphatic heterocycles. The summed E-state index contributed by atoms with van der Waals surface area (Å²) in [7, 11) is 0. The minimum Gasteiger partial charge on any atom is -0.289 e. The molecule has 5 heteroatoms. The third kappa shape index (κ3) is 2.43. The van der Waals surface area contributed by atoms with Gasteiger partial charge in [0, 0.05) is 23.3 Å². The predicted octanol–water partition coefficient (Wildman–Crippen LogP) is 4.09. The summed E-state index contributed by atoms with van der Waals surface area (Å²) in [5, 5.41) is 0. The number of ketones is 1. The molecule has 2 aromatic carbocycles. The Bertz CT molecular complexity index is 648. The average Bonchev–Trinajstić information content (AvgIpc) is 2.37. The summed E-state index contributed by atoms with van der Waals surface area (Å²) in [6, 6.07) is 2.99. The van der Waals surface area contributed by atoms with Gasteiger partial charge in [-0.15, -0.1) is 0 Å². The molecule has 2 rings (SSSR count). The molecule has 0 N–H and O–H groups in total. The van der Waals surface area contributed by atoms with E-state index in [4.69, 9.17) is 0 Å². The Labute approximate surface area is 112 Å². The van der Waals surface area contributed by atoms with E-state index in [1.807, 2.05) is 0 Å². The van der Waals surface area contributed by atoms with Crippen LogP contribution in [0.3, 0.4) is 0 Å². The number of rotatable bonds is 2. The van der Waals surface area contributed by atoms with Crippen LogP contribution in [0.4, 0.5) is 17.6 Å². The third-order valence-corrected chi connectivity index (χ3v) is 3.11. The van der Waals surface area contributed by atoms with Crippen molar-refractivity contribution >= 4 is 5.78 Å². The highest BCUT2D eigenvalue weighted by atomic mass is 19.1. The second kappa shape index (κ2) is 5.07. The van der Waals surface area contributed by atoms with Crippen molar-refractivity contribution in [2.45, 2.75) is 13.8 Å². The van der Waals surface area contributed by atoms with E-state index in [1.54, 1.807) is 0 Å². The fraction of sp³-hybridized carbons (Fsp3) is 0.133. The van der Waals surface area contributed by atoms with Crippen LogP contribution in [0.25, 0.3) is 0 Å². The molecule has 0 saturated carbocycles. The summed E-state index contributed by atoms with van der Waals surface area (Å²) in [5.41, 5.74) is -0.646. The SMILES string of the molecule is Cc1c(F)cc(F)cc1C(=O)c1cc(F)cc(F)c1C. The summed E-state index contributed by atoms with van der Waals surface area (Å²) >= 11 is 0. The summed E-state index contributed by atoms with van der Waals surface area (Å²) in [5.74, 6) is -4.44. The molecule has 0 atom stereocenters. The van der Waals surface area contributed by atoms with E-state index < -0.39 is 29.1 Å². The lowest BCUT2D eigenvalue weighted by atomic mass is 9.95. The van der Waals surface area contributed by atoms with Gasteiger partial charge in [0.2, 0.25) is 0 Å². The van der Waals surface area contributed by atoms with Gasteiger partial charge in [0.15, 0.2) is 5.78 Å². The average molecular weight is 282 g/mol. The first-order valence-electron chi connectivity index (χ1n) is 5.77. The predicted molar refractivity (Wildman–Crippen MR) is 65.6 cm³/mol. The summed E-state index contributed by atoms with van der Waals surface area (Å²) in [6.45, 7) is 2.60. The van der Waals surface area contributed by atoms with Crippen molar-refractivity contribution in [3.63, 3.8) is 0 Å². The molecule has 0 aliphatic carbocycles. The minimum absolute atomic E-state index is 0.0690. The van der Waals surface area contributed by atoms with Gasteiger partial charge in [0.1, 0.15) is 23.3 Å². The quantitative estimate of drug-likeness (QED) is 0.599. The molecule has 2 aromatic rings. The molecular weight excluding hydrogens is 272 g/mol. The smallest absolute Gasteiger partial charge is 0.193 e. The van der Waals surface area contributed by atoms with Gasteiger partial charge < -0.3 is 0 Å². The molecule has 0 unspecified atom stereocenters. The highest BCUT2D eigenvalue weighted by molar-refractivity contribution is 6.10. The van der Waals surface area contributed by atoms with Gasteiger partial charge in [-0.2, -0.15) is 0 Å². The van der Waals surface area contributed by atoms with Crippen molar-refractivity contribution in [3.05, 3.63) is 69.8 Å². The van der Waals surface area contributed by atoms with Gasteiger partial charge >= 0.3 is 0 Å². The van der Waals surface area contributed by atoms with E-state index in [0.29, 0.717) is 12.1 Å². The number of carbonyl (C=O) groups is 1. The van der Waals surface area contributed by atoms with Crippen LogP contribution in [0.1, 0.15) is 27.0 Å². The molecule has 1 nitrogen and oxygen atoms in total. The van der Waals surface area contributed by atoms with Crippen LogP contribution in [0.5, 0.6) is 0 Å². The van der Waals surface area contributed by atoms with Crippen molar-refractivity contribution in [2.75, 3.05) is 0 Å². The fourth-order valence-electron chi connectivity index (χ4n) is 1.91. The number of hydrogen-bond donors (Lipinski definition) is 0. The largest absolute Gasteiger partial charge is 0.289 e. The Morgan fingerprint density at radius 2 is 1.10 bits per heavy atom. The summed E-state index contributed by atoms with van der Waals surface area (Å²) in [4.78, 5) is 12.2. The molecule has 0 aromatic heterocycles. The molecule has 20 heavy (non-hydrogen) atoms. The first-order chi connectivity index (χ1) is 9.31. The Kier molecular flexibility index (Phi) is 3.61. The zero-order chi connectivity index (χ0) is 15.0. The summed E-state index contributed by atoms with van der Waals surface area (Å²) < 4.78 is 53.3. The standard InChI is InChI=1S/C15H10F4O/c1-7-11(3-9(16)5-13(7)18)15(20)12-4-10(17)6-14(19)8(12)2/h3-6H,1-2H3. The lowest BCUT2D eigenvalue weighted by Gasteiger charge is -2.09. The molecule has 0 aliphatic rings. The van der Waals surface area contributed by atoms with Gasteiger partial charge in [0.25, 0.3) is 0 Å². The van der Waals surface area contributed by atoms with Gasteiger partial charge in [-0.05, 0) is 37.1 Å². The number of carbonyl (C=O) groups excluding carboxylic acids is 1. The molecule has 0 spiro atoms. The highest BCUT2D eigenvalue weighted by Crippen LogP contribution is 2.22. The van der Waals surface area contributed by atoms with E-state index in [1.165, 1.54) is 13.8 Å². The van der Waals surface area contributed by atoms with Crippen molar-refractivity contribution in [1.29, 1.82) is 0 Å². The Morgan fingerprint density at radius 1 is 0.750 bits per heavy atom. The second-order valence-corrected chi connectivity index (χ2v) is 4.45. The Morgan fingerprint density at radius 3 is 1.45 bits per heavy atom. The van der Waals surface area contributed by atoms with Gasteiger partial charge in [0.05, 0.1) is 0 Å². The van der Waals surface area contributed by atoms with Gasteiger partial charge in [-0.25, -0.2) is 17.6 Å². The fourth-order valence-corrected chi connectivity index (χ4v) is 1.91. The van der Waals surface area contributed by atoms with E-state index in [9.17, 15) is 22.4 Å². The minimum atomic E-state index is -0.925. The van der Waals surface area contributed by atoms with Crippen LogP contribution in [0.2, 0.25) is 0 Å². The van der Waals surface area contributed by atoms with E-state index in [-0.39, 0.29) is 22.3 Å². The molecular formula is C15H10F4O. The van der Waals surface area contributed by atoms with Crippen LogP contribution in [0, 0.1) is 37.1 Å². The number of benzene rings is 2.